The summed E-state index contributed by atoms with van der Waals surface area (Å²) in [7, 11) is 0.511. The summed E-state index contributed by atoms with van der Waals surface area (Å²) in [5, 5.41) is 3.23. The molecule has 0 radical (unpaired) electrons. The third-order valence-electron chi connectivity index (χ3n) is 3.37. The second kappa shape index (κ2) is 5.83. The van der Waals surface area contributed by atoms with Crippen LogP contribution in [0.2, 0.25) is 0 Å². The monoisotopic (exact) mass is 296 g/mol. The number of rotatable bonds is 3. The van der Waals surface area contributed by atoms with Crippen molar-refractivity contribution in [2.75, 3.05) is 30.9 Å². The number of anilines is 1. The van der Waals surface area contributed by atoms with Gasteiger partial charge in [-0.3, -0.25) is 4.79 Å². The van der Waals surface area contributed by atoms with Gasteiger partial charge < -0.3 is 10.2 Å². The van der Waals surface area contributed by atoms with Gasteiger partial charge in [0.25, 0.3) is 5.91 Å². The van der Waals surface area contributed by atoms with E-state index < -0.39 is 9.84 Å². The highest BCUT2D eigenvalue weighted by Gasteiger charge is 2.24. The molecular weight excluding hydrogens is 276 g/mol. The maximum absolute atomic E-state index is 11.8. The summed E-state index contributed by atoms with van der Waals surface area (Å²) in [6.45, 7) is 0. The SMILES string of the molecule is CN(C)C(=O)c1ccc(NC2CCCS(=O)(=O)C2)cc1. The number of hydrogen-bond acceptors (Lipinski definition) is 4. The molecule has 5 nitrogen and oxygen atoms in total. The van der Waals surface area contributed by atoms with Crippen molar-refractivity contribution in [3.05, 3.63) is 29.8 Å². The Balaban J connectivity index is 2.02. The van der Waals surface area contributed by atoms with Crippen LogP contribution in [-0.4, -0.2) is 50.9 Å². The Kier molecular flexibility index (Phi) is 4.32. The molecule has 6 heteroatoms. The minimum atomic E-state index is -2.91. The topological polar surface area (TPSA) is 66.5 Å². The van der Waals surface area contributed by atoms with Crippen LogP contribution in [0.1, 0.15) is 23.2 Å². The van der Waals surface area contributed by atoms with Crippen LogP contribution in [0.4, 0.5) is 5.69 Å². The summed E-state index contributed by atoms with van der Waals surface area (Å²) in [5.41, 5.74) is 1.47. The quantitative estimate of drug-likeness (QED) is 0.915. The van der Waals surface area contributed by atoms with E-state index in [1.54, 1.807) is 26.2 Å². The van der Waals surface area contributed by atoms with E-state index >= 15 is 0 Å². The van der Waals surface area contributed by atoms with E-state index in [2.05, 4.69) is 5.32 Å². The molecular formula is C14H20N2O3S. The lowest BCUT2D eigenvalue weighted by atomic mass is 10.1. The zero-order valence-electron chi connectivity index (χ0n) is 11.8. The van der Waals surface area contributed by atoms with Crippen molar-refractivity contribution in [2.24, 2.45) is 0 Å². The van der Waals surface area contributed by atoms with Crippen molar-refractivity contribution in [1.29, 1.82) is 0 Å². The summed E-state index contributed by atoms with van der Waals surface area (Å²) < 4.78 is 23.2. The lowest BCUT2D eigenvalue weighted by Gasteiger charge is -2.24. The number of sulfone groups is 1. The van der Waals surface area contributed by atoms with Gasteiger partial charge in [-0.25, -0.2) is 8.42 Å². The molecule has 1 saturated heterocycles. The highest BCUT2D eigenvalue weighted by Crippen LogP contribution is 2.18. The molecule has 0 spiro atoms. The Morgan fingerprint density at radius 2 is 1.90 bits per heavy atom. The highest BCUT2D eigenvalue weighted by atomic mass is 32.2. The maximum atomic E-state index is 11.8. The summed E-state index contributed by atoms with van der Waals surface area (Å²) in [6.07, 6.45) is 1.56. The van der Waals surface area contributed by atoms with Crippen LogP contribution >= 0.6 is 0 Å². The Labute approximate surface area is 119 Å². The first-order chi connectivity index (χ1) is 9.37. The number of hydrogen-bond donors (Lipinski definition) is 1. The first-order valence-corrected chi connectivity index (χ1v) is 8.48. The number of carbonyl (C=O) groups excluding carboxylic acids is 1. The zero-order valence-corrected chi connectivity index (χ0v) is 12.6. The summed E-state index contributed by atoms with van der Waals surface area (Å²) >= 11 is 0. The third-order valence-corrected chi connectivity index (χ3v) is 5.19. The van der Waals surface area contributed by atoms with E-state index in [4.69, 9.17) is 0 Å². The first-order valence-electron chi connectivity index (χ1n) is 6.66. The van der Waals surface area contributed by atoms with Crippen molar-refractivity contribution >= 4 is 21.4 Å². The number of nitrogens with zero attached hydrogens (tertiary/aromatic N) is 1. The molecule has 1 atom stereocenters. The smallest absolute Gasteiger partial charge is 0.253 e. The molecule has 0 aromatic heterocycles. The maximum Gasteiger partial charge on any atom is 0.253 e. The van der Waals surface area contributed by atoms with E-state index in [1.165, 1.54) is 4.90 Å². The van der Waals surface area contributed by atoms with E-state index in [1.807, 2.05) is 12.1 Å². The molecule has 20 heavy (non-hydrogen) atoms. The summed E-state index contributed by atoms with van der Waals surface area (Å²) in [6, 6.07) is 7.10. The fraction of sp³-hybridized carbons (Fsp3) is 0.500. The van der Waals surface area contributed by atoms with Crippen molar-refractivity contribution in [3.63, 3.8) is 0 Å². The summed E-state index contributed by atoms with van der Waals surface area (Å²) in [5.74, 6) is 0.434. The molecule has 0 bridgehead atoms. The molecule has 1 N–H and O–H groups in total. The van der Waals surface area contributed by atoms with Gasteiger partial charge in [-0.2, -0.15) is 0 Å². The van der Waals surface area contributed by atoms with Gasteiger partial charge >= 0.3 is 0 Å². The van der Waals surface area contributed by atoms with Gasteiger partial charge in [-0.1, -0.05) is 0 Å². The minimum absolute atomic E-state index is 0.0378. The van der Waals surface area contributed by atoms with E-state index in [0.717, 1.165) is 12.1 Å². The lowest BCUT2D eigenvalue weighted by Crippen LogP contribution is -2.34. The van der Waals surface area contributed by atoms with Crippen molar-refractivity contribution < 1.29 is 13.2 Å². The number of carbonyl (C=O) groups is 1. The Morgan fingerprint density at radius 3 is 2.45 bits per heavy atom. The predicted molar refractivity (Wildman–Crippen MR) is 79.8 cm³/mol. The minimum Gasteiger partial charge on any atom is -0.381 e. The predicted octanol–water partition coefficient (Wildman–Crippen LogP) is 1.38. The largest absolute Gasteiger partial charge is 0.381 e. The van der Waals surface area contributed by atoms with Crippen LogP contribution in [0.5, 0.6) is 0 Å². The van der Waals surface area contributed by atoms with Crippen LogP contribution in [0.15, 0.2) is 24.3 Å². The van der Waals surface area contributed by atoms with Crippen molar-refractivity contribution in [3.8, 4) is 0 Å². The molecule has 2 rings (SSSR count). The fourth-order valence-corrected chi connectivity index (χ4v) is 3.98. The Hall–Kier alpha value is -1.56. The van der Waals surface area contributed by atoms with Crippen LogP contribution in [0.25, 0.3) is 0 Å². The second-order valence-corrected chi connectivity index (χ2v) is 7.60. The van der Waals surface area contributed by atoms with Gasteiger partial charge in [0.15, 0.2) is 9.84 Å². The average molecular weight is 296 g/mol. The number of nitrogens with one attached hydrogen (secondary N) is 1. The Bertz CT molecular complexity index is 579. The van der Waals surface area contributed by atoms with Crippen molar-refractivity contribution in [1.82, 2.24) is 4.90 Å². The van der Waals surface area contributed by atoms with Gasteiger partial charge in [-0.05, 0) is 37.1 Å². The number of amides is 1. The van der Waals surface area contributed by atoms with Crippen LogP contribution in [0.3, 0.4) is 0 Å². The highest BCUT2D eigenvalue weighted by molar-refractivity contribution is 7.91. The van der Waals surface area contributed by atoms with Gasteiger partial charge in [0, 0.05) is 31.4 Å². The van der Waals surface area contributed by atoms with Crippen LogP contribution < -0.4 is 5.32 Å². The molecule has 1 aromatic carbocycles. The molecule has 1 aliphatic heterocycles. The summed E-state index contributed by atoms with van der Waals surface area (Å²) in [4.78, 5) is 13.3. The van der Waals surface area contributed by atoms with Gasteiger partial charge in [0.05, 0.1) is 11.5 Å². The molecule has 0 saturated carbocycles. The van der Waals surface area contributed by atoms with E-state index in [-0.39, 0.29) is 17.7 Å². The molecule has 1 heterocycles. The third kappa shape index (κ3) is 3.72. The second-order valence-electron chi connectivity index (χ2n) is 5.37. The van der Waals surface area contributed by atoms with Crippen LogP contribution in [-0.2, 0) is 9.84 Å². The zero-order chi connectivity index (χ0) is 14.8. The average Bonchev–Trinajstić information content (AvgIpc) is 2.37. The number of benzene rings is 1. The normalized spacial score (nSPS) is 21.2. The molecule has 1 aromatic rings. The standard InChI is InChI=1S/C14H20N2O3S/c1-16(2)14(17)11-5-7-12(8-6-11)15-13-4-3-9-20(18,19)10-13/h5-8,13,15H,3-4,9-10H2,1-2H3. The Morgan fingerprint density at radius 1 is 1.25 bits per heavy atom. The van der Waals surface area contributed by atoms with Gasteiger partial charge in [0.1, 0.15) is 0 Å². The van der Waals surface area contributed by atoms with Gasteiger partial charge in [-0.15, -0.1) is 0 Å². The fourth-order valence-electron chi connectivity index (χ4n) is 2.34. The van der Waals surface area contributed by atoms with Crippen LogP contribution in [0, 0.1) is 0 Å². The molecule has 1 fully saturated rings. The molecule has 110 valence electrons. The van der Waals surface area contributed by atoms with Crippen molar-refractivity contribution in [2.45, 2.75) is 18.9 Å². The molecule has 1 aliphatic rings. The first kappa shape index (κ1) is 14.8. The molecule has 1 amide bonds. The lowest BCUT2D eigenvalue weighted by molar-refractivity contribution is 0.0827. The van der Waals surface area contributed by atoms with E-state index in [0.29, 0.717) is 17.7 Å². The molecule has 1 unspecified atom stereocenters. The molecule has 0 aliphatic carbocycles. The van der Waals surface area contributed by atoms with Gasteiger partial charge in [0.2, 0.25) is 0 Å². The van der Waals surface area contributed by atoms with E-state index in [9.17, 15) is 13.2 Å².